The third-order valence-corrected chi connectivity index (χ3v) is 13.7. The van der Waals surface area contributed by atoms with E-state index in [1.165, 1.54) is 10.8 Å². The van der Waals surface area contributed by atoms with Crippen LogP contribution in [0.2, 0.25) is 0 Å². The van der Waals surface area contributed by atoms with Gasteiger partial charge in [-0.1, -0.05) is 66.5 Å². The molecule has 0 amide bonds. The second kappa shape index (κ2) is 19.5. The summed E-state index contributed by atoms with van der Waals surface area (Å²) in [4.78, 5) is 12.1. The number of benzene rings is 3. The third kappa shape index (κ3) is 9.27. The molecule has 7 unspecified atom stereocenters. The van der Waals surface area contributed by atoms with E-state index in [-0.39, 0.29) is 48.4 Å². The summed E-state index contributed by atoms with van der Waals surface area (Å²) >= 11 is 1.77. The standard InChI is InChI=1S/C49H58N2O7S/c1-3-26-56-49-45(59-39-22-20-34-14-4-5-15-35(34)28-39)31-43(51-58-46-19-8-11-27-54-46)41-29-36(16-6-9-24-52)40(18-7-10-25-53)47(48(41)49)42-30-38(21-23-44(42)57-49)55-32-37-17-12-13-33(2)50-37/h3-5,12-15,17,20-23,28-30,36,40,45-48,52-53H,1,6-11,16,18-19,24-27,31-32H2,2H3. The number of unbranched alkanes of at least 4 members (excludes halogenated alkanes) is 2. The molecule has 1 saturated carbocycles. The van der Waals surface area contributed by atoms with Crippen LogP contribution in [-0.2, 0) is 20.9 Å². The third-order valence-electron chi connectivity index (χ3n) is 12.4. The summed E-state index contributed by atoms with van der Waals surface area (Å²) in [5.41, 5.74) is 4.90. The molecule has 4 aliphatic rings. The molecular weight excluding hydrogens is 761 g/mol. The van der Waals surface area contributed by atoms with E-state index in [9.17, 15) is 10.2 Å². The van der Waals surface area contributed by atoms with Crippen LogP contribution in [0.1, 0.15) is 87.1 Å². The van der Waals surface area contributed by atoms with E-state index in [0.29, 0.717) is 26.2 Å². The Labute approximate surface area is 352 Å². The maximum Gasteiger partial charge on any atom is 0.231 e. The molecule has 1 aromatic heterocycles. The van der Waals surface area contributed by atoms with Crippen LogP contribution in [0.3, 0.4) is 0 Å². The van der Waals surface area contributed by atoms with Crippen LogP contribution in [0.4, 0.5) is 0 Å². The van der Waals surface area contributed by atoms with Crippen molar-refractivity contribution in [2.24, 2.45) is 22.9 Å². The second-order valence-electron chi connectivity index (χ2n) is 16.3. The highest BCUT2D eigenvalue weighted by atomic mass is 32.2. The van der Waals surface area contributed by atoms with E-state index in [2.05, 4.69) is 72.2 Å². The van der Waals surface area contributed by atoms with Gasteiger partial charge in [-0.25, -0.2) is 0 Å². The number of rotatable bonds is 18. The molecule has 2 fully saturated rings. The zero-order chi connectivity index (χ0) is 40.6. The van der Waals surface area contributed by atoms with Gasteiger partial charge >= 0.3 is 0 Å². The van der Waals surface area contributed by atoms with Gasteiger partial charge in [-0.15, -0.1) is 18.3 Å². The maximum absolute atomic E-state index is 9.99. The first-order valence-electron chi connectivity index (χ1n) is 21.6. The lowest BCUT2D eigenvalue weighted by atomic mass is 9.56. The van der Waals surface area contributed by atoms with Gasteiger partial charge in [0.1, 0.15) is 18.1 Å². The predicted molar refractivity (Wildman–Crippen MR) is 233 cm³/mol. The van der Waals surface area contributed by atoms with Crippen molar-refractivity contribution in [1.29, 1.82) is 0 Å². The average molecular weight is 819 g/mol. The van der Waals surface area contributed by atoms with Crippen LogP contribution >= 0.6 is 11.8 Å². The molecule has 8 rings (SSSR count). The normalized spacial score (nSPS) is 26.7. The van der Waals surface area contributed by atoms with Crippen LogP contribution in [0.15, 0.2) is 113 Å². The Hall–Kier alpha value is -4.19. The number of ether oxygens (including phenoxy) is 4. The molecule has 2 aliphatic heterocycles. The highest BCUT2D eigenvalue weighted by molar-refractivity contribution is 8.00. The summed E-state index contributed by atoms with van der Waals surface area (Å²) in [6.45, 7) is 7.70. The van der Waals surface area contributed by atoms with Crippen LogP contribution in [-0.4, -0.2) is 64.7 Å². The minimum Gasteiger partial charge on any atom is -0.487 e. The number of nitrogens with zero attached hydrogens (tertiary/aromatic N) is 2. The van der Waals surface area contributed by atoms with Crippen LogP contribution in [0, 0.1) is 24.7 Å². The number of fused-ring (bicyclic) bond motifs is 3. The lowest BCUT2D eigenvalue weighted by molar-refractivity contribution is -0.223. The summed E-state index contributed by atoms with van der Waals surface area (Å²) in [7, 11) is 0. The maximum atomic E-state index is 9.99. The Morgan fingerprint density at radius 3 is 2.59 bits per heavy atom. The predicted octanol–water partition coefficient (Wildman–Crippen LogP) is 10.1. The average Bonchev–Trinajstić information content (AvgIpc) is 3.26. The molecule has 0 radical (unpaired) electrons. The van der Waals surface area contributed by atoms with Gasteiger partial charge in [0, 0.05) is 48.1 Å². The van der Waals surface area contributed by atoms with E-state index in [4.69, 9.17) is 28.9 Å². The van der Waals surface area contributed by atoms with E-state index in [1.807, 2.05) is 37.3 Å². The Morgan fingerprint density at radius 1 is 0.949 bits per heavy atom. The molecule has 59 heavy (non-hydrogen) atoms. The van der Waals surface area contributed by atoms with Crippen LogP contribution in [0.25, 0.3) is 10.8 Å². The first kappa shape index (κ1) is 41.5. The van der Waals surface area contributed by atoms with Gasteiger partial charge in [0.05, 0.1) is 35.8 Å². The number of hydrogen-bond acceptors (Lipinski definition) is 10. The number of thioether (sulfide) groups is 1. The molecule has 312 valence electrons. The number of hydrogen-bond donors (Lipinski definition) is 2. The number of aryl methyl sites for hydroxylation is 1. The fourth-order valence-electron chi connectivity index (χ4n) is 9.67. The van der Waals surface area contributed by atoms with Crippen molar-refractivity contribution < 1.29 is 34.0 Å². The number of oxime groups is 1. The topological polar surface area (TPSA) is 112 Å². The monoisotopic (exact) mass is 818 g/mol. The van der Waals surface area contributed by atoms with Crippen molar-refractivity contribution in [2.75, 3.05) is 26.4 Å². The fraction of sp³-hybridized carbons (Fsp3) is 0.469. The highest BCUT2D eigenvalue weighted by Crippen LogP contribution is 2.63. The Morgan fingerprint density at radius 2 is 1.80 bits per heavy atom. The largest absolute Gasteiger partial charge is 0.487 e. The van der Waals surface area contributed by atoms with E-state index in [1.54, 1.807) is 11.8 Å². The Balaban J connectivity index is 1.28. The summed E-state index contributed by atoms with van der Waals surface area (Å²) in [5.74, 6) is 0.521. The van der Waals surface area contributed by atoms with Crippen LogP contribution in [0.5, 0.6) is 11.5 Å². The molecule has 7 atom stereocenters. The lowest BCUT2D eigenvalue weighted by Crippen LogP contribution is -2.64. The van der Waals surface area contributed by atoms with E-state index < -0.39 is 5.79 Å². The van der Waals surface area contributed by atoms with Gasteiger partial charge in [-0.05, 0) is 116 Å². The summed E-state index contributed by atoms with van der Waals surface area (Å²) in [6, 6.07) is 27.3. The number of aliphatic hydroxyl groups is 2. The second-order valence-corrected chi connectivity index (χ2v) is 17.6. The summed E-state index contributed by atoms with van der Waals surface area (Å²) in [5, 5.41) is 27.0. The molecule has 9 nitrogen and oxygen atoms in total. The first-order valence-corrected chi connectivity index (χ1v) is 22.4. The van der Waals surface area contributed by atoms with Gasteiger partial charge in [-0.2, -0.15) is 0 Å². The Bertz CT molecular complexity index is 2120. The SMILES string of the molecule is C=CCOC12Oc3ccc(OCc4cccc(C)n4)cc3C3C(CCCCO)C(CCCCO)C=C(C(=NOC4CCCCO4)CC1Sc1ccc4ccccc4c1)C32. The van der Waals surface area contributed by atoms with Crippen LogP contribution < -0.4 is 9.47 Å². The minimum absolute atomic E-state index is 0.0434. The molecule has 4 aromatic rings. The molecular formula is C49H58N2O7S. The van der Waals surface area contributed by atoms with Crippen molar-refractivity contribution in [3.63, 3.8) is 0 Å². The van der Waals surface area contributed by atoms with Gasteiger partial charge in [0.15, 0.2) is 0 Å². The number of aromatic nitrogens is 1. The molecule has 2 N–H and O–H groups in total. The Kier molecular flexibility index (Phi) is 13.7. The van der Waals surface area contributed by atoms with Gasteiger partial charge in [-0.3, -0.25) is 4.98 Å². The highest BCUT2D eigenvalue weighted by Gasteiger charge is 2.64. The molecule has 10 heteroatoms. The molecule has 0 spiro atoms. The smallest absolute Gasteiger partial charge is 0.231 e. The number of pyridine rings is 1. The molecule has 2 aliphatic carbocycles. The van der Waals surface area contributed by atoms with Crippen molar-refractivity contribution in [3.05, 3.63) is 120 Å². The zero-order valence-electron chi connectivity index (χ0n) is 34.2. The minimum atomic E-state index is -1.09. The molecule has 3 aromatic carbocycles. The van der Waals surface area contributed by atoms with Crippen molar-refractivity contribution in [2.45, 2.75) is 106 Å². The first-order chi connectivity index (χ1) is 29.0. The summed E-state index contributed by atoms with van der Waals surface area (Å²) < 4.78 is 27.1. The van der Waals surface area contributed by atoms with E-state index >= 15 is 0 Å². The van der Waals surface area contributed by atoms with E-state index in [0.717, 1.165) is 102 Å². The molecule has 3 heterocycles. The number of allylic oxidation sites excluding steroid dienone is 1. The fourth-order valence-corrected chi connectivity index (χ4v) is 11.0. The van der Waals surface area contributed by atoms with Crippen molar-refractivity contribution in [3.8, 4) is 11.5 Å². The lowest BCUT2D eigenvalue weighted by Gasteiger charge is -2.58. The van der Waals surface area contributed by atoms with Gasteiger partial charge < -0.3 is 34.0 Å². The van der Waals surface area contributed by atoms with Crippen molar-refractivity contribution in [1.82, 2.24) is 4.98 Å². The summed E-state index contributed by atoms with van der Waals surface area (Å²) in [6.07, 6.45) is 12.3. The van der Waals surface area contributed by atoms with Crippen molar-refractivity contribution >= 4 is 28.2 Å². The molecule has 1 saturated heterocycles. The quantitative estimate of drug-likeness (QED) is 0.0576. The number of aliphatic hydroxyl groups excluding tert-OH is 2. The van der Waals surface area contributed by atoms with Gasteiger partial charge in [0.2, 0.25) is 12.1 Å². The van der Waals surface area contributed by atoms with Gasteiger partial charge in [0.25, 0.3) is 0 Å². The zero-order valence-corrected chi connectivity index (χ0v) is 35.0. The molecule has 0 bridgehead atoms.